The number of hydrogen-bond acceptors (Lipinski definition) is 2. The fraction of sp³-hybridized carbons (Fsp3) is 0.333. The van der Waals surface area contributed by atoms with Crippen molar-refractivity contribution in [2.75, 3.05) is 11.4 Å². The molecule has 0 spiro atoms. The molecule has 0 radical (unpaired) electrons. The number of fused-ring (bicyclic) bond motifs is 1. The Hall–Kier alpha value is -1.84. The van der Waals surface area contributed by atoms with E-state index in [0.717, 1.165) is 11.3 Å². The number of carbonyl (C=O) groups excluding carboxylic acids is 1. The van der Waals surface area contributed by atoms with Gasteiger partial charge in [0.2, 0.25) is 5.91 Å². The number of anilines is 1. The third kappa shape index (κ3) is 1.78. The Kier molecular flexibility index (Phi) is 2.64. The van der Waals surface area contributed by atoms with Crippen LogP contribution < -0.4 is 4.90 Å². The predicted molar refractivity (Wildman–Crippen MR) is 59.3 cm³/mol. The molecule has 0 aliphatic carbocycles. The van der Waals surface area contributed by atoms with Gasteiger partial charge >= 0.3 is 5.97 Å². The average Bonchev–Trinajstić information content (AvgIpc) is 2.27. The van der Waals surface area contributed by atoms with E-state index in [9.17, 15) is 9.59 Å². The fourth-order valence-electron chi connectivity index (χ4n) is 2.06. The van der Waals surface area contributed by atoms with Crippen molar-refractivity contribution in [3.63, 3.8) is 0 Å². The number of carboxylic acid groups (broad SMARTS) is 1. The molecule has 4 heteroatoms. The van der Waals surface area contributed by atoms with Crippen LogP contribution in [-0.4, -0.2) is 23.5 Å². The quantitative estimate of drug-likeness (QED) is 0.774. The van der Waals surface area contributed by atoms with E-state index in [-0.39, 0.29) is 12.5 Å². The monoisotopic (exact) mass is 219 g/mol. The summed E-state index contributed by atoms with van der Waals surface area (Å²) in [5, 5.41) is 9.03. The van der Waals surface area contributed by atoms with E-state index in [1.165, 1.54) is 11.8 Å². The summed E-state index contributed by atoms with van der Waals surface area (Å²) in [5.41, 5.74) is 1.77. The van der Waals surface area contributed by atoms with Crippen LogP contribution >= 0.6 is 0 Å². The molecule has 2 rings (SSSR count). The van der Waals surface area contributed by atoms with E-state index in [0.29, 0.717) is 6.42 Å². The van der Waals surface area contributed by atoms with E-state index in [1.54, 1.807) is 0 Å². The highest BCUT2D eigenvalue weighted by atomic mass is 16.4. The molecule has 1 aliphatic heterocycles. The summed E-state index contributed by atoms with van der Waals surface area (Å²) in [5.74, 6) is -1.46. The first-order valence-electron chi connectivity index (χ1n) is 5.18. The maximum Gasteiger partial charge on any atom is 0.308 e. The van der Waals surface area contributed by atoms with Crippen LogP contribution in [0.4, 0.5) is 5.69 Å². The second-order valence-corrected chi connectivity index (χ2v) is 4.00. The minimum absolute atomic E-state index is 0.113. The molecule has 1 aliphatic rings. The molecule has 16 heavy (non-hydrogen) atoms. The first-order chi connectivity index (χ1) is 7.59. The lowest BCUT2D eigenvalue weighted by Gasteiger charge is -2.32. The number of nitrogens with zero attached hydrogens (tertiary/aromatic N) is 1. The zero-order valence-electron chi connectivity index (χ0n) is 9.01. The van der Waals surface area contributed by atoms with Crippen LogP contribution in [0.15, 0.2) is 24.3 Å². The smallest absolute Gasteiger partial charge is 0.308 e. The van der Waals surface area contributed by atoms with Crippen molar-refractivity contribution in [3.05, 3.63) is 29.8 Å². The highest BCUT2D eigenvalue weighted by molar-refractivity contribution is 5.94. The van der Waals surface area contributed by atoms with Gasteiger partial charge in [-0.25, -0.2) is 0 Å². The second-order valence-electron chi connectivity index (χ2n) is 4.00. The summed E-state index contributed by atoms with van der Waals surface area (Å²) in [7, 11) is 0. The van der Waals surface area contributed by atoms with E-state index in [1.807, 2.05) is 24.3 Å². The van der Waals surface area contributed by atoms with Crippen LogP contribution in [-0.2, 0) is 16.0 Å². The molecule has 1 aromatic rings. The normalized spacial score (nSPS) is 19.1. The molecule has 1 unspecified atom stereocenters. The van der Waals surface area contributed by atoms with E-state index >= 15 is 0 Å². The number of amides is 1. The first kappa shape index (κ1) is 10.7. The van der Waals surface area contributed by atoms with Gasteiger partial charge in [-0.2, -0.15) is 0 Å². The molecule has 0 aromatic heterocycles. The van der Waals surface area contributed by atoms with Gasteiger partial charge in [0.15, 0.2) is 0 Å². The Balaban J connectivity index is 2.41. The zero-order valence-corrected chi connectivity index (χ0v) is 9.01. The minimum Gasteiger partial charge on any atom is -0.481 e. The molecule has 1 aromatic carbocycles. The molecule has 1 atom stereocenters. The van der Waals surface area contributed by atoms with Crippen LogP contribution in [0.25, 0.3) is 0 Å². The maximum atomic E-state index is 11.5. The molecule has 4 nitrogen and oxygen atoms in total. The molecule has 1 amide bonds. The molecule has 0 fully saturated rings. The minimum atomic E-state index is -0.847. The lowest BCUT2D eigenvalue weighted by molar-refractivity contribution is -0.141. The number of carbonyl (C=O) groups is 2. The SMILES string of the molecule is CC(=O)N1CC(C(=O)O)Cc2ccccc21. The number of benzene rings is 1. The summed E-state index contributed by atoms with van der Waals surface area (Å²) in [6.45, 7) is 1.72. The lowest BCUT2D eigenvalue weighted by Crippen LogP contribution is -2.41. The zero-order chi connectivity index (χ0) is 11.7. The van der Waals surface area contributed by atoms with Crippen LogP contribution in [0.3, 0.4) is 0 Å². The Morgan fingerprint density at radius 3 is 2.69 bits per heavy atom. The van der Waals surface area contributed by atoms with E-state index in [2.05, 4.69) is 0 Å². The van der Waals surface area contributed by atoms with Crippen molar-refractivity contribution >= 4 is 17.6 Å². The summed E-state index contributed by atoms with van der Waals surface area (Å²) < 4.78 is 0. The average molecular weight is 219 g/mol. The van der Waals surface area contributed by atoms with Crippen LogP contribution in [0.1, 0.15) is 12.5 Å². The third-order valence-corrected chi connectivity index (χ3v) is 2.88. The Labute approximate surface area is 93.5 Å². The number of rotatable bonds is 1. The summed E-state index contributed by atoms with van der Waals surface area (Å²) in [6.07, 6.45) is 0.495. The molecule has 0 saturated carbocycles. The maximum absolute atomic E-state index is 11.5. The Morgan fingerprint density at radius 2 is 2.06 bits per heavy atom. The molecule has 1 N–H and O–H groups in total. The predicted octanol–water partition coefficient (Wildman–Crippen LogP) is 1.30. The molecular formula is C12H13NO3. The standard InChI is InChI=1S/C12H13NO3/c1-8(14)13-7-10(12(15)16)6-9-4-2-3-5-11(9)13/h2-5,10H,6-7H2,1H3,(H,15,16). The molecule has 84 valence electrons. The van der Waals surface area contributed by atoms with Crippen LogP contribution in [0.5, 0.6) is 0 Å². The Morgan fingerprint density at radius 1 is 1.38 bits per heavy atom. The fourth-order valence-corrected chi connectivity index (χ4v) is 2.06. The summed E-state index contributed by atoms with van der Waals surface area (Å²) in [4.78, 5) is 24.0. The number of para-hydroxylation sites is 1. The number of hydrogen-bond donors (Lipinski definition) is 1. The van der Waals surface area contributed by atoms with Crippen LogP contribution in [0.2, 0.25) is 0 Å². The summed E-state index contributed by atoms with van der Waals surface area (Å²) >= 11 is 0. The molecular weight excluding hydrogens is 206 g/mol. The van der Waals surface area contributed by atoms with Crippen molar-refractivity contribution in [2.24, 2.45) is 5.92 Å². The largest absolute Gasteiger partial charge is 0.481 e. The lowest BCUT2D eigenvalue weighted by atomic mass is 9.92. The van der Waals surface area contributed by atoms with Gasteiger partial charge in [-0.1, -0.05) is 18.2 Å². The van der Waals surface area contributed by atoms with Gasteiger partial charge < -0.3 is 10.0 Å². The highest BCUT2D eigenvalue weighted by Gasteiger charge is 2.30. The van der Waals surface area contributed by atoms with E-state index in [4.69, 9.17) is 5.11 Å². The van der Waals surface area contributed by atoms with Gasteiger partial charge in [-0.15, -0.1) is 0 Å². The topological polar surface area (TPSA) is 57.6 Å². The van der Waals surface area contributed by atoms with Gasteiger partial charge in [0.05, 0.1) is 5.92 Å². The van der Waals surface area contributed by atoms with Gasteiger partial charge in [0.1, 0.15) is 0 Å². The molecule has 0 bridgehead atoms. The van der Waals surface area contributed by atoms with Gasteiger partial charge in [-0.3, -0.25) is 9.59 Å². The van der Waals surface area contributed by atoms with Crippen molar-refractivity contribution in [3.8, 4) is 0 Å². The number of aliphatic carboxylic acids is 1. The van der Waals surface area contributed by atoms with Crippen molar-refractivity contribution in [1.29, 1.82) is 0 Å². The van der Waals surface area contributed by atoms with E-state index < -0.39 is 11.9 Å². The number of carboxylic acids is 1. The van der Waals surface area contributed by atoms with Crippen molar-refractivity contribution in [2.45, 2.75) is 13.3 Å². The van der Waals surface area contributed by atoms with Gasteiger partial charge in [-0.05, 0) is 18.1 Å². The third-order valence-electron chi connectivity index (χ3n) is 2.88. The Bertz CT molecular complexity index is 442. The van der Waals surface area contributed by atoms with Gasteiger partial charge in [0.25, 0.3) is 0 Å². The molecule has 0 saturated heterocycles. The van der Waals surface area contributed by atoms with Crippen LogP contribution in [0, 0.1) is 5.92 Å². The van der Waals surface area contributed by atoms with Crippen molar-refractivity contribution < 1.29 is 14.7 Å². The van der Waals surface area contributed by atoms with Crippen molar-refractivity contribution in [1.82, 2.24) is 0 Å². The second kappa shape index (κ2) is 3.96. The molecule has 1 heterocycles. The van der Waals surface area contributed by atoms with Gasteiger partial charge in [0, 0.05) is 19.2 Å². The highest BCUT2D eigenvalue weighted by Crippen LogP contribution is 2.29. The first-order valence-corrected chi connectivity index (χ1v) is 5.18. The summed E-state index contributed by atoms with van der Waals surface area (Å²) in [6, 6.07) is 7.45.